The van der Waals surface area contributed by atoms with E-state index in [0.29, 0.717) is 17.7 Å². The number of methoxy groups -OCH3 is 2. The number of hydrogen-bond acceptors (Lipinski definition) is 6. The number of ether oxygens (including phenoxy) is 4. The molecule has 1 aromatic carbocycles. The molecule has 0 spiro atoms. The van der Waals surface area contributed by atoms with E-state index in [4.69, 9.17) is 30.5 Å². The second-order valence-electron chi connectivity index (χ2n) is 6.43. The van der Waals surface area contributed by atoms with Gasteiger partial charge in [-0.15, -0.1) is 0 Å². The maximum Gasteiger partial charge on any atom is 0.342 e. The molecule has 0 bridgehead atoms. The molecule has 144 valence electrons. The van der Waals surface area contributed by atoms with Gasteiger partial charge < -0.3 is 18.9 Å². The van der Waals surface area contributed by atoms with Crippen molar-refractivity contribution in [1.29, 1.82) is 0 Å². The zero-order valence-corrected chi connectivity index (χ0v) is 16.1. The SMILES string of the molecule is COc1cc(OC)c2c(c1Cl)CC(=O)/C=C/C=C/[C@H]1O[C@@H]1C[C@@H](C)OC2=O. The van der Waals surface area contributed by atoms with Crippen molar-refractivity contribution in [2.45, 2.75) is 38.1 Å². The van der Waals surface area contributed by atoms with E-state index >= 15 is 0 Å². The predicted molar refractivity (Wildman–Crippen MR) is 99.7 cm³/mol. The molecule has 0 radical (unpaired) electrons. The molecule has 0 aromatic heterocycles. The van der Waals surface area contributed by atoms with Gasteiger partial charge in [-0.2, -0.15) is 0 Å². The summed E-state index contributed by atoms with van der Waals surface area (Å²) in [5.41, 5.74) is 0.457. The van der Waals surface area contributed by atoms with Gasteiger partial charge in [0.1, 0.15) is 29.3 Å². The number of benzene rings is 1. The van der Waals surface area contributed by atoms with Crippen molar-refractivity contribution < 1.29 is 28.5 Å². The first-order valence-electron chi connectivity index (χ1n) is 8.62. The van der Waals surface area contributed by atoms with E-state index in [-0.39, 0.29) is 46.9 Å². The van der Waals surface area contributed by atoms with Gasteiger partial charge in [0.2, 0.25) is 0 Å². The molecule has 1 fully saturated rings. The van der Waals surface area contributed by atoms with Crippen LogP contribution in [0.3, 0.4) is 0 Å². The summed E-state index contributed by atoms with van der Waals surface area (Å²) in [6, 6.07) is 1.51. The molecule has 1 saturated heterocycles. The summed E-state index contributed by atoms with van der Waals surface area (Å²) in [6.07, 6.45) is 6.84. The summed E-state index contributed by atoms with van der Waals surface area (Å²) < 4.78 is 21.7. The van der Waals surface area contributed by atoms with Gasteiger partial charge in [-0.1, -0.05) is 29.8 Å². The van der Waals surface area contributed by atoms with E-state index in [1.165, 1.54) is 26.4 Å². The lowest BCUT2D eigenvalue weighted by Crippen LogP contribution is -2.20. The molecule has 3 rings (SSSR count). The molecular formula is C20H21ClO6. The Balaban J connectivity index is 2.06. The normalized spacial score (nSPS) is 27.5. The lowest BCUT2D eigenvalue weighted by Gasteiger charge is -2.19. The van der Waals surface area contributed by atoms with Crippen molar-refractivity contribution in [2.24, 2.45) is 0 Å². The van der Waals surface area contributed by atoms with Crippen LogP contribution < -0.4 is 9.47 Å². The van der Waals surface area contributed by atoms with Gasteiger partial charge in [0.25, 0.3) is 0 Å². The van der Waals surface area contributed by atoms with Crippen LogP contribution in [-0.2, 0) is 20.7 Å². The minimum absolute atomic E-state index is 0.00286. The van der Waals surface area contributed by atoms with Crippen LogP contribution >= 0.6 is 11.6 Å². The van der Waals surface area contributed by atoms with E-state index < -0.39 is 5.97 Å². The molecule has 0 aliphatic carbocycles. The highest BCUT2D eigenvalue weighted by atomic mass is 35.5. The minimum Gasteiger partial charge on any atom is -0.496 e. The highest BCUT2D eigenvalue weighted by molar-refractivity contribution is 6.33. The van der Waals surface area contributed by atoms with Crippen molar-refractivity contribution in [3.05, 3.63) is 46.5 Å². The average Bonchev–Trinajstić information content (AvgIpc) is 3.36. The van der Waals surface area contributed by atoms with Gasteiger partial charge in [0, 0.05) is 24.5 Å². The summed E-state index contributed by atoms with van der Waals surface area (Å²) >= 11 is 6.41. The molecule has 0 saturated carbocycles. The Hall–Kier alpha value is -2.31. The van der Waals surface area contributed by atoms with Crippen molar-refractivity contribution in [3.63, 3.8) is 0 Å². The third-order valence-corrected chi connectivity index (χ3v) is 4.89. The van der Waals surface area contributed by atoms with Gasteiger partial charge in [0.15, 0.2) is 5.78 Å². The highest BCUT2D eigenvalue weighted by Crippen LogP contribution is 2.39. The number of allylic oxidation sites excluding steroid dienone is 3. The van der Waals surface area contributed by atoms with Crippen molar-refractivity contribution in [1.82, 2.24) is 0 Å². The van der Waals surface area contributed by atoms with E-state index in [1.807, 2.05) is 6.08 Å². The monoisotopic (exact) mass is 392 g/mol. The second-order valence-corrected chi connectivity index (χ2v) is 6.80. The largest absolute Gasteiger partial charge is 0.496 e. The molecule has 2 aliphatic rings. The fourth-order valence-electron chi connectivity index (χ4n) is 3.06. The molecule has 3 atom stereocenters. The Morgan fingerprint density at radius 3 is 2.59 bits per heavy atom. The lowest BCUT2D eigenvalue weighted by atomic mass is 9.99. The van der Waals surface area contributed by atoms with Crippen molar-refractivity contribution >= 4 is 23.4 Å². The number of carbonyl (C=O) groups excluding carboxylic acids is 2. The van der Waals surface area contributed by atoms with Gasteiger partial charge >= 0.3 is 5.97 Å². The van der Waals surface area contributed by atoms with Gasteiger partial charge in [-0.05, 0) is 13.0 Å². The number of epoxide rings is 1. The Kier molecular flexibility index (Phi) is 5.87. The Labute approximate surface area is 162 Å². The zero-order valence-electron chi connectivity index (χ0n) is 15.4. The first-order valence-corrected chi connectivity index (χ1v) is 8.99. The summed E-state index contributed by atoms with van der Waals surface area (Å²) in [7, 11) is 2.88. The quantitative estimate of drug-likeness (QED) is 0.568. The predicted octanol–water partition coefficient (Wildman–Crippen LogP) is 3.30. The molecule has 2 aliphatic heterocycles. The summed E-state index contributed by atoms with van der Waals surface area (Å²) in [5, 5.41) is 0.188. The molecule has 7 heteroatoms. The molecule has 6 nitrogen and oxygen atoms in total. The maximum absolute atomic E-state index is 12.9. The fourth-order valence-corrected chi connectivity index (χ4v) is 3.36. The topological polar surface area (TPSA) is 74.4 Å². The van der Waals surface area contributed by atoms with E-state index in [2.05, 4.69) is 0 Å². The lowest BCUT2D eigenvalue weighted by molar-refractivity contribution is -0.114. The van der Waals surface area contributed by atoms with Crippen LogP contribution in [0.15, 0.2) is 30.4 Å². The minimum atomic E-state index is -0.597. The van der Waals surface area contributed by atoms with Gasteiger partial charge in [-0.3, -0.25) is 4.79 Å². The van der Waals surface area contributed by atoms with E-state index in [9.17, 15) is 9.59 Å². The van der Waals surface area contributed by atoms with Crippen LogP contribution in [0, 0.1) is 0 Å². The Bertz CT molecular complexity index is 813. The number of cyclic esters (lactones) is 1. The summed E-state index contributed by atoms with van der Waals surface area (Å²) in [6.45, 7) is 1.80. The maximum atomic E-state index is 12.9. The average molecular weight is 393 g/mol. The summed E-state index contributed by atoms with van der Waals surface area (Å²) in [4.78, 5) is 25.2. The number of ketones is 1. The molecular weight excluding hydrogens is 372 g/mol. The molecule has 0 N–H and O–H groups in total. The molecule has 0 unspecified atom stereocenters. The number of fused-ring (bicyclic) bond motifs is 2. The van der Waals surface area contributed by atoms with Crippen LogP contribution in [0.1, 0.15) is 29.3 Å². The van der Waals surface area contributed by atoms with Crippen LogP contribution in [0.2, 0.25) is 5.02 Å². The number of carbonyl (C=O) groups is 2. The van der Waals surface area contributed by atoms with Gasteiger partial charge in [0.05, 0.1) is 25.3 Å². The summed E-state index contributed by atoms with van der Waals surface area (Å²) in [5.74, 6) is -0.252. The first kappa shape index (κ1) is 19.5. The standard InChI is InChI=1S/C20H21ClO6/c1-11-8-15-14(27-15)7-5-4-6-12(22)9-13-18(20(23)26-11)16(24-2)10-17(25-3)19(13)21/h4-7,10-11,14-15H,8-9H2,1-3H3/b6-4+,7-5+/t11-,14-,15-/m1/s1. The molecule has 0 amide bonds. The zero-order chi connectivity index (χ0) is 19.6. The Morgan fingerprint density at radius 1 is 1.15 bits per heavy atom. The second kappa shape index (κ2) is 8.15. The number of esters is 1. The fraction of sp³-hybridized carbons (Fsp3) is 0.400. The van der Waals surface area contributed by atoms with Crippen LogP contribution in [0.5, 0.6) is 11.5 Å². The third kappa shape index (κ3) is 4.34. The molecule has 27 heavy (non-hydrogen) atoms. The Morgan fingerprint density at radius 2 is 1.89 bits per heavy atom. The van der Waals surface area contributed by atoms with Crippen molar-refractivity contribution in [3.8, 4) is 11.5 Å². The first-order chi connectivity index (χ1) is 12.9. The number of rotatable bonds is 2. The van der Waals surface area contributed by atoms with Crippen molar-refractivity contribution in [2.75, 3.05) is 14.2 Å². The van der Waals surface area contributed by atoms with Gasteiger partial charge in [-0.25, -0.2) is 4.79 Å². The van der Waals surface area contributed by atoms with E-state index in [0.717, 1.165) is 0 Å². The van der Waals surface area contributed by atoms with E-state index in [1.54, 1.807) is 19.1 Å². The molecule has 2 heterocycles. The van der Waals surface area contributed by atoms with Crippen LogP contribution in [-0.4, -0.2) is 44.3 Å². The highest BCUT2D eigenvalue weighted by Gasteiger charge is 2.38. The molecule has 1 aromatic rings. The smallest absolute Gasteiger partial charge is 0.342 e. The number of hydrogen-bond donors (Lipinski definition) is 0. The van der Waals surface area contributed by atoms with Crippen LogP contribution in [0.4, 0.5) is 0 Å². The number of halogens is 1. The van der Waals surface area contributed by atoms with Crippen LogP contribution in [0.25, 0.3) is 0 Å². The third-order valence-electron chi connectivity index (χ3n) is 4.47.